The number of rotatable bonds is 4. The fourth-order valence-electron chi connectivity index (χ4n) is 0.928. The van der Waals surface area contributed by atoms with Crippen LogP contribution in [0.5, 0.6) is 0 Å². The molecule has 1 unspecified atom stereocenters. The summed E-state index contributed by atoms with van der Waals surface area (Å²) >= 11 is 0. The van der Waals surface area contributed by atoms with Crippen molar-refractivity contribution in [3.8, 4) is 0 Å². The van der Waals surface area contributed by atoms with Gasteiger partial charge in [-0.25, -0.2) is 9.59 Å². The minimum atomic E-state index is -1.82. The van der Waals surface area contributed by atoms with Gasteiger partial charge in [-0.2, -0.15) is 0 Å². The third kappa shape index (κ3) is 11.1. The van der Waals surface area contributed by atoms with E-state index in [1.807, 2.05) is 24.3 Å². The van der Waals surface area contributed by atoms with Crippen LogP contribution >= 0.6 is 12.4 Å². The third-order valence-electron chi connectivity index (χ3n) is 1.87. The molecule has 1 atom stereocenters. The van der Waals surface area contributed by atoms with Gasteiger partial charge in [0.2, 0.25) is 0 Å². The summed E-state index contributed by atoms with van der Waals surface area (Å²) in [4.78, 5) is 22.1. The van der Waals surface area contributed by atoms with Crippen LogP contribution in [0.2, 0.25) is 0 Å². The molecular formula is C12H17ClN2O5. The molecular weight excluding hydrogens is 288 g/mol. The molecule has 0 radical (unpaired) electrons. The molecule has 0 saturated heterocycles. The van der Waals surface area contributed by atoms with Gasteiger partial charge >= 0.3 is 11.9 Å². The fourth-order valence-corrected chi connectivity index (χ4v) is 0.928. The predicted molar refractivity (Wildman–Crippen MR) is 75.5 cm³/mol. The number of aliphatic carboxylic acids is 2. The molecule has 0 aliphatic carbocycles. The summed E-state index contributed by atoms with van der Waals surface area (Å²) in [5, 5.41) is 23.4. The van der Waals surface area contributed by atoms with E-state index in [1.54, 1.807) is 12.4 Å². The van der Waals surface area contributed by atoms with Gasteiger partial charge in [0.15, 0.2) is 0 Å². The largest absolute Gasteiger partial charge is 0.473 e. The quantitative estimate of drug-likeness (QED) is 0.591. The Hall–Kier alpha value is -1.96. The topological polar surface area (TPSA) is 134 Å². The second kappa shape index (κ2) is 12.1. The van der Waals surface area contributed by atoms with Gasteiger partial charge in [0, 0.05) is 18.4 Å². The number of carbonyl (C=O) groups is 2. The second-order valence-corrected chi connectivity index (χ2v) is 3.47. The molecule has 20 heavy (non-hydrogen) atoms. The first-order valence-electron chi connectivity index (χ1n) is 5.36. The predicted octanol–water partition coefficient (Wildman–Crippen LogP) is 0.382. The molecule has 0 aliphatic rings. The molecule has 112 valence electrons. The van der Waals surface area contributed by atoms with Crippen LogP contribution in [-0.2, 0) is 9.59 Å². The van der Waals surface area contributed by atoms with Crippen LogP contribution in [0.3, 0.4) is 0 Å². The normalized spacial score (nSPS) is 10.9. The Morgan fingerprint density at radius 3 is 2.15 bits per heavy atom. The van der Waals surface area contributed by atoms with E-state index in [0.29, 0.717) is 6.42 Å². The van der Waals surface area contributed by atoms with Crippen molar-refractivity contribution in [3.63, 3.8) is 0 Å². The number of hydrogen-bond acceptors (Lipinski definition) is 5. The zero-order chi connectivity index (χ0) is 14.7. The molecule has 1 rings (SSSR count). The minimum Gasteiger partial charge on any atom is -0.473 e. The van der Waals surface area contributed by atoms with E-state index in [1.165, 1.54) is 0 Å². The number of carboxylic acids is 2. The zero-order valence-corrected chi connectivity index (χ0v) is 11.4. The van der Waals surface area contributed by atoms with Crippen molar-refractivity contribution in [2.45, 2.75) is 12.5 Å². The van der Waals surface area contributed by atoms with E-state index in [0.717, 1.165) is 5.56 Å². The highest BCUT2D eigenvalue weighted by atomic mass is 35.5. The molecule has 0 spiro atoms. The highest BCUT2D eigenvalue weighted by Crippen LogP contribution is 2.00. The Bertz CT molecular complexity index is 413. The van der Waals surface area contributed by atoms with Crippen molar-refractivity contribution >= 4 is 30.4 Å². The van der Waals surface area contributed by atoms with Crippen molar-refractivity contribution in [1.29, 1.82) is 0 Å². The first kappa shape index (κ1) is 20.4. The molecule has 7 nitrogen and oxygen atoms in total. The first-order valence-corrected chi connectivity index (χ1v) is 5.36. The smallest absolute Gasteiger partial charge is 0.414 e. The summed E-state index contributed by atoms with van der Waals surface area (Å²) < 4.78 is 0. The van der Waals surface area contributed by atoms with E-state index in [-0.39, 0.29) is 25.1 Å². The Morgan fingerprint density at radius 2 is 1.75 bits per heavy atom. The number of aliphatic hydroxyl groups excluding tert-OH is 1. The summed E-state index contributed by atoms with van der Waals surface area (Å²) in [6.07, 6.45) is 8.10. The van der Waals surface area contributed by atoms with E-state index >= 15 is 0 Å². The number of aromatic nitrogens is 1. The van der Waals surface area contributed by atoms with E-state index in [2.05, 4.69) is 4.98 Å². The van der Waals surface area contributed by atoms with E-state index < -0.39 is 11.9 Å². The van der Waals surface area contributed by atoms with Crippen molar-refractivity contribution < 1.29 is 24.9 Å². The average Bonchev–Trinajstić information content (AvgIpc) is 2.40. The Labute approximate surface area is 122 Å². The van der Waals surface area contributed by atoms with Crippen molar-refractivity contribution in [1.82, 2.24) is 4.98 Å². The maximum absolute atomic E-state index is 9.10. The number of pyridine rings is 1. The number of halogens is 1. The molecule has 1 aromatic rings. The van der Waals surface area contributed by atoms with Gasteiger partial charge < -0.3 is 21.1 Å². The van der Waals surface area contributed by atoms with Gasteiger partial charge in [-0.05, 0) is 24.1 Å². The molecule has 5 N–H and O–H groups in total. The lowest BCUT2D eigenvalue weighted by molar-refractivity contribution is -0.159. The zero-order valence-electron chi connectivity index (χ0n) is 10.5. The summed E-state index contributed by atoms with van der Waals surface area (Å²) in [6, 6.07) is 3.68. The Kier molecular flexibility index (Phi) is 12.3. The third-order valence-corrected chi connectivity index (χ3v) is 1.87. The van der Waals surface area contributed by atoms with E-state index in [4.69, 9.17) is 30.6 Å². The maximum Gasteiger partial charge on any atom is 0.414 e. The Morgan fingerprint density at radius 1 is 1.25 bits per heavy atom. The number of carboxylic acid groups (broad SMARTS) is 2. The molecule has 0 amide bonds. The van der Waals surface area contributed by atoms with Crippen LogP contribution < -0.4 is 5.73 Å². The minimum absolute atomic E-state index is 0. The van der Waals surface area contributed by atoms with Gasteiger partial charge in [-0.15, -0.1) is 12.4 Å². The number of nitrogens with zero attached hydrogens (tertiary/aromatic N) is 1. The van der Waals surface area contributed by atoms with Gasteiger partial charge in [0.25, 0.3) is 0 Å². The van der Waals surface area contributed by atoms with Gasteiger partial charge in [-0.3, -0.25) is 4.98 Å². The van der Waals surface area contributed by atoms with Crippen molar-refractivity contribution in [3.05, 3.63) is 36.2 Å². The fraction of sp³-hybridized carbons (Fsp3) is 0.250. The van der Waals surface area contributed by atoms with Crippen LogP contribution in [0.15, 0.2) is 30.6 Å². The molecule has 0 aliphatic heterocycles. The molecule has 0 saturated carbocycles. The van der Waals surface area contributed by atoms with Crippen LogP contribution in [0.25, 0.3) is 6.08 Å². The van der Waals surface area contributed by atoms with Gasteiger partial charge in [-0.1, -0.05) is 12.2 Å². The Balaban J connectivity index is 0. The maximum atomic E-state index is 9.10. The lowest BCUT2D eigenvalue weighted by Gasteiger charge is -2.01. The molecule has 1 heterocycles. The molecule has 8 heteroatoms. The highest BCUT2D eigenvalue weighted by molar-refractivity contribution is 6.27. The van der Waals surface area contributed by atoms with Crippen LogP contribution in [0, 0.1) is 0 Å². The summed E-state index contributed by atoms with van der Waals surface area (Å²) in [7, 11) is 0. The highest BCUT2D eigenvalue weighted by Gasteiger charge is 2.04. The number of aliphatic hydroxyl groups is 1. The standard InChI is InChI=1S/C10H14N2O.C2H2O4.ClH/c11-10(8-13)3-1-2-9-4-6-12-7-5-9;3-1(4)2(5)6;/h1-2,4-7,10,13H,3,8,11H2;(H,3,4)(H,5,6);1H/b2-1+;;. The molecule has 0 bridgehead atoms. The van der Waals surface area contributed by atoms with Crippen molar-refractivity contribution in [2.75, 3.05) is 6.61 Å². The van der Waals surface area contributed by atoms with Crippen molar-refractivity contribution in [2.24, 2.45) is 5.73 Å². The van der Waals surface area contributed by atoms with Gasteiger partial charge in [0.1, 0.15) is 0 Å². The molecule has 0 fully saturated rings. The van der Waals surface area contributed by atoms with Crippen LogP contribution in [-0.4, -0.2) is 44.9 Å². The number of hydrogen-bond donors (Lipinski definition) is 4. The average molecular weight is 305 g/mol. The molecule has 0 aromatic carbocycles. The summed E-state index contributed by atoms with van der Waals surface area (Å²) in [6.45, 7) is 0.0285. The number of nitrogens with two attached hydrogens (primary N) is 1. The summed E-state index contributed by atoms with van der Waals surface area (Å²) in [5.41, 5.74) is 6.62. The molecule has 1 aromatic heterocycles. The van der Waals surface area contributed by atoms with Gasteiger partial charge in [0.05, 0.1) is 6.61 Å². The van der Waals surface area contributed by atoms with Crippen LogP contribution in [0.4, 0.5) is 0 Å². The monoisotopic (exact) mass is 304 g/mol. The second-order valence-electron chi connectivity index (χ2n) is 3.47. The lowest BCUT2D eigenvalue weighted by atomic mass is 10.2. The van der Waals surface area contributed by atoms with E-state index in [9.17, 15) is 0 Å². The SMILES string of the molecule is Cl.NC(CO)C/C=C/c1ccncc1.O=C(O)C(=O)O. The van der Waals surface area contributed by atoms with Crippen LogP contribution in [0.1, 0.15) is 12.0 Å². The lowest BCUT2D eigenvalue weighted by Crippen LogP contribution is -2.22. The summed E-state index contributed by atoms with van der Waals surface area (Å²) in [5.74, 6) is -3.65. The first-order chi connectivity index (χ1) is 8.97.